The Kier molecular flexibility index (Phi) is 2.23. The second-order valence-corrected chi connectivity index (χ2v) is 5.33. The normalized spacial score (nSPS) is 31.7. The average molecular weight is 208 g/mol. The van der Waals surface area contributed by atoms with Crippen LogP contribution in [0.2, 0.25) is 0 Å². The van der Waals surface area contributed by atoms with Crippen LogP contribution in [0.5, 0.6) is 0 Å². The molecule has 0 bridgehead atoms. The van der Waals surface area contributed by atoms with Crippen LogP contribution in [0.15, 0.2) is 0 Å². The van der Waals surface area contributed by atoms with E-state index >= 15 is 0 Å². The number of likely N-dealkylation sites (N-methyl/N-ethyl adjacent to an activating group) is 1. The van der Waals surface area contributed by atoms with Gasteiger partial charge in [0.2, 0.25) is 5.91 Å². The molecule has 2 saturated carbocycles. The largest absolute Gasteiger partial charge is 0.338 e. The smallest absolute Gasteiger partial charge is 0.240 e. The minimum atomic E-state index is 0.102. The van der Waals surface area contributed by atoms with Gasteiger partial charge < -0.3 is 10.2 Å². The maximum atomic E-state index is 12.1. The lowest BCUT2D eigenvalue weighted by molar-refractivity contribution is -0.132. The van der Waals surface area contributed by atoms with Crippen LogP contribution in [0.3, 0.4) is 0 Å². The lowest BCUT2D eigenvalue weighted by atomic mass is 10.1. The highest BCUT2D eigenvalue weighted by Gasteiger charge is 2.48. The highest BCUT2D eigenvalue weighted by molar-refractivity contribution is 5.84. The fraction of sp³-hybridized carbons (Fsp3) is 0.917. The Balaban J connectivity index is 1.72. The summed E-state index contributed by atoms with van der Waals surface area (Å²) in [6.07, 6.45) is 6.43. The zero-order chi connectivity index (χ0) is 10.4. The summed E-state index contributed by atoms with van der Waals surface area (Å²) >= 11 is 0. The number of likely N-dealkylation sites (tertiary alicyclic amines) is 1. The van der Waals surface area contributed by atoms with Gasteiger partial charge in [0, 0.05) is 12.6 Å². The van der Waals surface area contributed by atoms with Gasteiger partial charge in [-0.3, -0.25) is 4.79 Å². The number of nitrogens with zero attached hydrogens (tertiary/aromatic N) is 1. The van der Waals surface area contributed by atoms with Crippen LogP contribution in [0.1, 0.15) is 32.1 Å². The fourth-order valence-electron chi connectivity index (χ4n) is 3.04. The second-order valence-electron chi connectivity index (χ2n) is 5.33. The third-order valence-electron chi connectivity index (χ3n) is 4.16. The summed E-state index contributed by atoms with van der Waals surface area (Å²) < 4.78 is 0. The summed E-state index contributed by atoms with van der Waals surface area (Å²) in [5.41, 5.74) is 0. The van der Waals surface area contributed by atoms with E-state index in [0.717, 1.165) is 24.8 Å². The van der Waals surface area contributed by atoms with Crippen molar-refractivity contribution in [1.29, 1.82) is 0 Å². The molecule has 1 aliphatic heterocycles. The molecule has 1 saturated heterocycles. The van der Waals surface area contributed by atoms with Gasteiger partial charge in [-0.25, -0.2) is 0 Å². The first-order chi connectivity index (χ1) is 7.31. The van der Waals surface area contributed by atoms with Gasteiger partial charge in [-0.05, 0) is 51.0 Å². The lowest BCUT2D eigenvalue weighted by Gasteiger charge is -2.28. The van der Waals surface area contributed by atoms with Crippen molar-refractivity contribution in [3.05, 3.63) is 0 Å². The van der Waals surface area contributed by atoms with Gasteiger partial charge in [-0.1, -0.05) is 0 Å². The van der Waals surface area contributed by atoms with Crippen molar-refractivity contribution in [2.75, 3.05) is 13.6 Å². The van der Waals surface area contributed by atoms with Gasteiger partial charge >= 0.3 is 0 Å². The molecular weight excluding hydrogens is 188 g/mol. The molecule has 0 spiro atoms. The van der Waals surface area contributed by atoms with Crippen LogP contribution in [-0.2, 0) is 4.79 Å². The standard InChI is InChI=1S/C12H20N2O/c1-13-10-6-7-14(12(10)15)11(8-2-3-8)9-4-5-9/h8-11,13H,2-7H2,1H3. The fourth-order valence-corrected chi connectivity index (χ4v) is 3.04. The highest BCUT2D eigenvalue weighted by atomic mass is 16.2. The predicted octanol–water partition coefficient (Wildman–Crippen LogP) is 0.995. The Bertz CT molecular complexity index is 259. The van der Waals surface area contributed by atoms with E-state index in [0.29, 0.717) is 11.9 Å². The van der Waals surface area contributed by atoms with E-state index in [4.69, 9.17) is 0 Å². The molecule has 3 rings (SSSR count). The van der Waals surface area contributed by atoms with Crippen LogP contribution in [0.4, 0.5) is 0 Å². The van der Waals surface area contributed by atoms with Crippen LogP contribution in [-0.4, -0.2) is 36.5 Å². The van der Waals surface area contributed by atoms with E-state index in [9.17, 15) is 4.79 Å². The Morgan fingerprint density at radius 2 is 1.80 bits per heavy atom. The molecule has 1 amide bonds. The Morgan fingerprint density at radius 1 is 1.20 bits per heavy atom. The summed E-state index contributed by atoms with van der Waals surface area (Å²) in [6.45, 7) is 0.988. The monoisotopic (exact) mass is 208 g/mol. The zero-order valence-electron chi connectivity index (χ0n) is 9.41. The maximum absolute atomic E-state index is 12.1. The molecule has 2 aliphatic carbocycles. The molecule has 3 nitrogen and oxygen atoms in total. The first-order valence-electron chi connectivity index (χ1n) is 6.29. The summed E-state index contributed by atoms with van der Waals surface area (Å²) in [4.78, 5) is 14.3. The lowest BCUT2D eigenvalue weighted by Crippen LogP contribution is -2.43. The van der Waals surface area contributed by atoms with Crippen molar-refractivity contribution in [2.24, 2.45) is 11.8 Å². The van der Waals surface area contributed by atoms with Gasteiger partial charge in [-0.2, -0.15) is 0 Å². The zero-order valence-corrected chi connectivity index (χ0v) is 9.41. The van der Waals surface area contributed by atoms with Crippen molar-refractivity contribution in [1.82, 2.24) is 10.2 Å². The molecule has 3 fully saturated rings. The molecule has 0 radical (unpaired) electrons. The van der Waals surface area contributed by atoms with E-state index in [1.54, 1.807) is 0 Å². The molecule has 1 atom stereocenters. The van der Waals surface area contributed by atoms with E-state index in [1.807, 2.05) is 7.05 Å². The summed E-state index contributed by atoms with van der Waals surface area (Å²) in [7, 11) is 1.90. The number of carbonyl (C=O) groups is 1. The number of nitrogens with one attached hydrogen (secondary N) is 1. The van der Waals surface area contributed by atoms with Crippen LogP contribution >= 0.6 is 0 Å². The van der Waals surface area contributed by atoms with E-state index in [-0.39, 0.29) is 6.04 Å². The molecule has 1 heterocycles. The van der Waals surface area contributed by atoms with Gasteiger partial charge in [0.1, 0.15) is 0 Å². The van der Waals surface area contributed by atoms with Crippen LogP contribution < -0.4 is 5.32 Å². The SMILES string of the molecule is CNC1CCN(C(C2CC2)C2CC2)C1=O. The molecule has 0 aromatic rings. The third kappa shape index (κ3) is 1.67. The van der Waals surface area contributed by atoms with Crippen LogP contribution in [0, 0.1) is 11.8 Å². The first-order valence-corrected chi connectivity index (χ1v) is 6.29. The molecule has 1 N–H and O–H groups in total. The van der Waals surface area contributed by atoms with E-state index in [2.05, 4.69) is 10.2 Å². The van der Waals surface area contributed by atoms with Gasteiger partial charge in [0.05, 0.1) is 6.04 Å². The highest BCUT2D eigenvalue weighted by Crippen LogP contribution is 2.48. The Hall–Kier alpha value is -0.570. The number of hydrogen-bond donors (Lipinski definition) is 1. The molecule has 0 aromatic heterocycles. The quantitative estimate of drug-likeness (QED) is 0.747. The maximum Gasteiger partial charge on any atom is 0.240 e. The third-order valence-corrected chi connectivity index (χ3v) is 4.16. The van der Waals surface area contributed by atoms with Crippen molar-refractivity contribution < 1.29 is 4.79 Å². The first kappa shape index (κ1) is 9.64. The molecule has 84 valence electrons. The van der Waals surface area contributed by atoms with Gasteiger partial charge in [0.15, 0.2) is 0 Å². The molecule has 3 heteroatoms. The number of carbonyl (C=O) groups excluding carboxylic acids is 1. The minimum Gasteiger partial charge on any atom is -0.338 e. The Morgan fingerprint density at radius 3 is 2.20 bits per heavy atom. The molecule has 0 aromatic carbocycles. The number of rotatable bonds is 4. The minimum absolute atomic E-state index is 0.102. The molecular formula is C12H20N2O. The second kappa shape index (κ2) is 3.48. The number of amides is 1. The molecule has 1 unspecified atom stereocenters. The van der Waals surface area contributed by atoms with Crippen molar-refractivity contribution in [3.63, 3.8) is 0 Å². The average Bonchev–Trinajstić information content (AvgIpc) is 3.11. The van der Waals surface area contributed by atoms with Crippen molar-refractivity contribution in [2.45, 2.75) is 44.2 Å². The summed E-state index contributed by atoms with van der Waals surface area (Å²) in [5.74, 6) is 2.05. The van der Waals surface area contributed by atoms with E-state index < -0.39 is 0 Å². The van der Waals surface area contributed by atoms with Gasteiger partial charge in [0.25, 0.3) is 0 Å². The summed E-state index contributed by atoms with van der Waals surface area (Å²) in [5, 5.41) is 3.13. The molecule has 15 heavy (non-hydrogen) atoms. The van der Waals surface area contributed by atoms with Crippen molar-refractivity contribution >= 4 is 5.91 Å². The van der Waals surface area contributed by atoms with E-state index in [1.165, 1.54) is 25.7 Å². The van der Waals surface area contributed by atoms with Gasteiger partial charge in [-0.15, -0.1) is 0 Å². The van der Waals surface area contributed by atoms with Crippen molar-refractivity contribution in [3.8, 4) is 0 Å². The van der Waals surface area contributed by atoms with Crippen LogP contribution in [0.25, 0.3) is 0 Å². The topological polar surface area (TPSA) is 32.3 Å². The number of hydrogen-bond acceptors (Lipinski definition) is 2. The predicted molar refractivity (Wildman–Crippen MR) is 58.4 cm³/mol. The summed E-state index contributed by atoms with van der Waals surface area (Å²) in [6, 6.07) is 0.709. The molecule has 3 aliphatic rings. The Labute approximate surface area is 91.2 Å².